The molecule has 134 valence electrons. The highest BCUT2D eigenvalue weighted by Gasteiger charge is 2.18. The van der Waals surface area contributed by atoms with E-state index in [0.717, 1.165) is 6.42 Å². The number of aromatic nitrogens is 3. The van der Waals surface area contributed by atoms with Crippen LogP contribution in [0, 0.1) is 6.92 Å². The first kappa shape index (κ1) is 17.9. The zero-order chi connectivity index (χ0) is 18.7. The van der Waals surface area contributed by atoms with Crippen molar-refractivity contribution >= 4 is 23.2 Å². The Bertz CT molecular complexity index is 935. The minimum Gasteiger partial charge on any atom is -0.495 e. The standard InChI is InChI=1S/C19H19ClN4O2/c1-4-13-5-7-14(8-6-13)21-19(25)18-12(2)24(23-22-18)15-9-10-17(26-3)16(20)11-15/h5-11H,4H2,1-3H3,(H,21,25). The molecule has 1 aromatic heterocycles. The second-order valence-electron chi connectivity index (χ2n) is 5.76. The number of benzene rings is 2. The largest absolute Gasteiger partial charge is 0.495 e. The molecule has 0 aliphatic carbocycles. The van der Waals surface area contributed by atoms with Gasteiger partial charge in [-0.25, -0.2) is 4.68 Å². The van der Waals surface area contributed by atoms with E-state index in [-0.39, 0.29) is 11.6 Å². The lowest BCUT2D eigenvalue weighted by Gasteiger charge is -2.08. The lowest BCUT2D eigenvalue weighted by atomic mass is 10.1. The van der Waals surface area contributed by atoms with Gasteiger partial charge in [0.15, 0.2) is 5.69 Å². The number of hydrogen-bond donors (Lipinski definition) is 1. The van der Waals surface area contributed by atoms with Crippen LogP contribution in [0.25, 0.3) is 5.69 Å². The molecule has 0 spiro atoms. The first-order valence-electron chi connectivity index (χ1n) is 8.20. The Morgan fingerprint density at radius 2 is 1.96 bits per heavy atom. The van der Waals surface area contributed by atoms with Gasteiger partial charge in [-0.05, 0) is 49.2 Å². The summed E-state index contributed by atoms with van der Waals surface area (Å²) < 4.78 is 6.72. The number of rotatable bonds is 5. The van der Waals surface area contributed by atoms with Crippen LogP contribution in [0.3, 0.4) is 0 Å². The van der Waals surface area contributed by atoms with E-state index in [4.69, 9.17) is 16.3 Å². The molecule has 0 aliphatic heterocycles. The quantitative estimate of drug-likeness (QED) is 0.735. The van der Waals surface area contributed by atoms with E-state index in [1.165, 1.54) is 5.56 Å². The Hall–Kier alpha value is -2.86. The van der Waals surface area contributed by atoms with E-state index >= 15 is 0 Å². The highest BCUT2D eigenvalue weighted by molar-refractivity contribution is 6.32. The van der Waals surface area contributed by atoms with Crippen LogP contribution in [0.5, 0.6) is 5.75 Å². The van der Waals surface area contributed by atoms with E-state index in [2.05, 4.69) is 22.6 Å². The van der Waals surface area contributed by atoms with Gasteiger partial charge >= 0.3 is 0 Å². The van der Waals surface area contributed by atoms with Crippen LogP contribution >= 0.6 is 11.6 Å². The van der Waals surface area contributed by atoms with Crippen LogP contribution in [-0.4, -0.2) is 28.0 Å². The molecule has 3 aromatic rings. The number of aryl methyl sites for hydroxylation is 1. The van der Waals surface area contributed by atoms with Crippen LogP contribution in [-0.2, 0) is 6.42 Å². The number of carbonyl (C=O) groups excluding carboxylic acids is 1. The molecule has 3 rings (SSSR count). The van der Waals surface area contributed by atoms with Gasteiger partial charge in [-0.1, -0.05) is 35.9 Å². The number of nitrogens with one attached hydrogen (secondary N) is 1. The molecule has 1 heterocycles. The molecule has 0 bridgehead atoms. The number of nitrogens with zero attached hydrogens (tertiary/aromatic N) is 3. The van der Waals surface area contributed by atoms with Crippen molar-refractivity contribution in [2.75, 3.05) is 12.4 Å². The highest BCUT2D eigenvalue weighted by atomic mass is 35.5. The van der Waals surface area contributed by atoms with Gasteiger partial charge in [0.2, 0.25) is 0 Å². The average molecular weight is 371 g/mol. The molecular formula is C19H19ClN4O2. The molecular weight excluding hydrogens is 352 g/mol. The van der Waals surface area contributed by atoms with Crippen LogP contribution in [0.4, 0.5) is 5.69 Å². The predicted molar refractivity (Wildman–Crippen MR) is 101 cm³/mol. The second kappa shape index (κ2) is 7.58. The number of halogens is 1. The number of methoxy groups -OCH3 is 1. The summed E-state index contributed by atoms with van der Waals surface area (Å²) in [5, 5.41) is 11.4. The molecule has 0 atom stereocenters. The lowest BCUT2D eigenvalue weighted by Crippen LogP contribution is -2.14. The third kappa shape index (κ3) is 3.55. The summed E-state index contributed by atoms with van der Waals surface area (Å²) in [6.45, 7) is 3.87. The summed E-state index contributed by atoms with van der Waals surface area (Å²) in [6, 6.07) is 13.0. The fourth-order valence-corrected chi connectivity index (χ4v) is 2.84. The normalized spacial score (nSPS) is 10.6. The van der Waals surface area contributed by atoms with E-state index in [1.54, 1.807) is 36.9 Å². The first-order chi connectivity index (χ1) is 12.5. The zero-order valence-electron chi connectivity index (χ0n) is 14.8. The van der Waals surface area contributed by atoms with Crippen LogP contribution in [0.1, 0.15) is 28.7 Å². The number of amides is 1. The van der Waals surface area contributed by atoms with Crippen LogP contribution < -0.4 is 10.1 Å². The van der Waals surface area contributed by atoms with Gasteiger partial charge in [-0.15, -0.1) is 5.10 Å². The number of carbonyl (C=O) groups is 1. The molecule has 0 fully saturated rings. The highest BCUT2D eigenvalue weighted by Crippen LogP contribution is 2.27. The summed E-state index contributed by atoms with van der Waals surface area (Å²) in [4.78, 5) is 12.5. The summed E-state index contributed by atoms with van der Waals surface area (Å²) >= 11 is 6.17. The SMILES string of the molecule is CCc1ccc(NC(=O)c2nnn(-c3ccc(OC)c(Cl)c3)c2C)cc1. The van der Waals surface area contributed by atoms with Gasteiger partial charge in [-0.3, -0.25) is 4.79 Å². The molecule has 7 heteroatoms. The summed E-state index contributed by atoms with van der Waals surface area (Å²) in [6.07, 6.45) is 0.950. The summed E-state index contributed by atoms with van der Waals surface area (Å²) in [5.41, 5.74) is 3.51. The molecule has 1 amide bonds. The van der Waals surface area contributed by atoms with Crippen molar-refractivity contribution in [3.8, 4) is 11.4 Å². The maximum Gasteiger partial charge on any atom is 0.278 e. The van der Waals surface area contributed by atoms with Crippen molar-refractivity contribution in [2.24, 2.45) is 0 Å². The van der Waals surface area contributed by atoms with Gasteiger partial charge in [0, 0.05) is 5.69 Å². The number of hydrogen-bond acceptors (Lipinski definition) is 4. The number of ether oxygens (including phenoxy) is 1. The van der Waals surface area contributed by atoms with Crippen molar-refractivity contribution in [3.63, 3.8) is 0 Å². The van der Waals surface area contributed by atoms with Crippen molar-refractivity contribution in [1.82, 2.24) is 15.0 Å². The maximum absolute atomic E-state index is 12.5. The fourth-order valence-electron chi connectivity index (χ4n) is 2.59. The maximum atomic E-state index is 12.5. The Kier molecular flexibility index (Phi) is 5.23. The summed E-state index contributed by atoms with van der Waals surface area (Å²) in [7, 11) is 1.55. The van der Waals surface area contributed by atoms with Gasteiger partial charge in [0.1, 0.15) is 5.75 Å². The van der Waals surface area contributed by atoms with Gasteiger partial charge in [-0.2, -0.15) is 0 Å². The minimum atomic E-state index is -0.308. The van der Waals surface area contributed by atoms with Crippen LogP contribution in [0.2, 0.25) is 5.02 Å². The minimum absolute atomic E-state index is 0.261. The molecule has 1 N–H and O–H groups in total. The van der Waals surface area contributed by atoms with E-state index in [0.29, 0.717) is 27.8 Å². The van der Waals surface area contributed by atoms with Gasteiger partial charge in [0.05, 0.1) is 23.5 Å². The second-order valence-corrected chi connectivity index (χ2v) is 6.17. The molecule has 0 aliphatic rings. The first-order valence-corrected chi connectivity index (χ1v) is 8.57. The van der Waals surface area contributed by atoms with E-state index in [9.17, 15) is 4.79 Å². The molecule has 26 heavy (non-hydrogen) atoms. The number of anilines is 1. The molecule has 0 saturated carbocycles. The predicted octanol–water partition coefficient (Wildman–Crippen LogP) is 4.05. The molecule has 0 saturated heterocycles. The third-order valence-electron chi connectivity index (χ3n) is 4.11. The van der Waals surface area contributed by atoms with Crippen molar-refractivity contribution < 1.29 is 9.53 Å². The topological polar surface area (TPSA) is 69.0 Å². The van der Waals surface area contributed by atoms with Crippen LogP contribution in [0.15, 0.2) is 42.5 Å². The monoisotopic (exact) mass is 370 g/mol. The molecule has 0 unspecified atom stereocenters. The Balaban J connectivity index is 1.83. The Morgan fingerprint density at radius 1 is 1.23 bits per heavy atom. The van der Waals surface area contributed by atoms with Gasteiger partial charge in [0.25, 0.3) is 5.91 Å². The summed E-state index contributed by atoms with van der Waals surface area (Å²) in [5.74, 6) is 0.263. The average Bonchev–Trinajstić information content (AvgIpc) is 3.04. The van der Waals surface area contributed by atoms with E-state index < -0.39 is 0 Å². The fraction of sp³-hybridized carbons (Fsp3) is 0.211. The molecule has 0 radical (unpaired) electrons. The van der Waals surface area contributed by atoms with Crippen molar-refractivity contribution in [3.05, 3.63) is 64.4 Å². The zero-order valence-corrected chi connectivity index (χ0v) is 15.5. The Morgan fingerprint density at radius 3 is 2.58 bits per heavy atom. The smallest absolute Gasteiger partial charge is 0.278 e. The van der Waals surface area contributed by atoms with Crippen molar-refractivity contribution in [1.29, 1.82) is 0 Å². The van der Waals surface area contributed by atoms with Crippen molar-refractivity contribution in [2.45, 2.75) is 20.3 Å². The Labute approximate surface area is 156 Å². The molecule has 6 nitrogen and oxygen atoms in total. The lowest BCUT2D eigenvalue weighted by molar-refractivity contribution is 0.102. The molecule has 2 aromatic carbocycles. The third-order valence-corrected chi connectivity index (χ3v) is 4.41. The van der Waals surface area contributed by atoms with Gasteiger partial charge < -0.3 is 10.1 Å². The van der Waals surface area contributed by atoms with E-state index in [1.807, 2.05) is 24.3 Å².